The maximum absolute atomic E-state index is 13.3. The molecule has 1 nitrogen and oxygen atoms in total. The molecule has 5 heteroatoms. The second-order valence-corrected chi connectivity index (χ2v) is 7.27. The number of unbranched alkanes of at least 4 members (excludes halogenated alkanes) is 1. The van der Waals surface area contributed by atoms with Crippen molar-refractivity contribution in [3.8, 4) is 11.1 Å². The molecule has 0 N–H and O–H groups in total. The van der Waals surface area contributed by atoms with Gasteiger partial charge < -0.3 is 0 Å². The molecule has 0 spiro atoms. The van der Waals surface area contributed by atoms with E-state index in [0.29, 0.717) is 5.56 Å². The van der Waals surface area contributed by atoms with Crippen LogP contribution in [0.5, 0.6) is 0 Å². The number of rotatable bonds is 6. The van der Waals surface area contributed by atoms with E-state index in [4.69, 9.17) is 0 Å². The van der Waals surface area contributed by atoms with Gasteiger partial charge in [0.2, 0.25) is 0 Å². The Balaban J connectivity index is 0. The number of benzene rings is 1. The lowest BCUT2D eigenvalue weighted by atomic mass is 10.0. The summed E-state index contributed by atoms with van der Waals surface area (Å²) in [5, 5.41) is 0. The van der Waals surface area contributed by atoms with Crippen molar-refractivity contribution in [2.45, 2.75) is 94.2 Å². The highest BCUT2D eigenvalue weighted by molar-refractivity contribution is 5.66. The molecule has 1 aromatic heterocycles. The van der Waals surface area contributed by atoms with Crippen molar-refractivity contribution in [1.29, 1.82) is 0 Å². The number of alkyl halides is 3. The average Bonchev–Trinajstić information content (AvgIpc) is 2.81. The maximum Gasteiger partial charge on any atom is 0.419 e. The molecular formula is C28H43F4N. The van der Waals surface area contributed by atoms with Gasteiger partial charge >= 0.3 is 6.18 Å². The van der Waals surface area contributed by atoms with E-state index in [1.807, 2.05) is 53.7 Å². The molecule has 1 unspecified atom stereocenters. The van der Waals surface area contributed by atoms with E-state index < -0.39 is 17.6 Å². The third-order valence-corrected chi connectivity index (χ3v) is 4.80. The summed E-state index contributed by atoms with van der Waals surface area (Å²) >= 11 is 0. The quantitative estimate of drug-likeness (QED) is 0.383. The molecule has 2 rings (SSSR count). The van der Waals surface area contributed by atoms with Crippen LogP contribution in [0.15, 0.2) is 36.5 Å². The molecular weight excluding hydrogens is 426 g/mol. The summed E-state index contributed by atoms with van der Waals surface area (Å²) in [5.41, 5.74) is 1.12. The fourth-order valence-corrected chi connectivity index (χ4v) is 2.75. The fraction of sp³-hybridized carbons (Fsp3) is 0.536. The summed E-state index contributed by atoms with van der Waals surface area (Å²) in [4.78, 5) is 4.20. The zero-order valence-electron chi connectivity index (χ0n) is 21.9. The van der Waals surface area contributed by atoms with Crippen LogP contribution in [-0.4, -0.2) is 4.98 Å². The average molecular weight is 470 g/mol. The lowest BCUT2D eigenvalue weighted by molar-refractivity contribution is -0.139. The van der Waals surface area contributed by atoms with Gasteiger partial charge in [0.05, 0.1) is 11.3 Å². The largest absolute Gasteiger partial charge is 0.419 e. The monoisotopic (exact) mass is 469 g/mol. The third kappa shape index (κ3) is 12.6. The van der Waals surface area contributed by atoms with Crippen molar-refractivity contribution in [2.75, 3.05) is 0 Å². The predicted molar refractivity (Wildman–Crippen MR) is 136 cm³/mol. The van der Waals surface area contributed by atoms with E-state index in [1.54, 1.807) is 6.07 Å². The Morgan fingerprint density at radius 2 is 1.61 bits per heavy atom. The van der Waals surface area contributed by atoms with E-state index in [1.165, 1.54) is 37.9 Å². The van der Waals surface area contributed by atoms with Crippen molar-refractivity contribution in [1.82, 2.24) is 4.98 Å². The van der Waals surface area contributed by atoms with Gasteiger partial charge in [-0.15, -0.1) is 0 Å². The highest BCUT2D eigenvalue weighted by atomic mass is 19.4. The van der Waals surface area contributed by atoms with Crippen molar-refractivity contribution in [3.63, 3.8) is 0 Å². The van der Waals surface area contributed by atoms with Gasteiger partial charge in [0.1, 0.15) is 5.82 Å². The molecule has 0 aliphatic rings. The first-order valence-corrected chi connectivity index (χ1v) is 12.1. The highest BCUT2D eigenvalue weighted by Crippen LogP contribution is 2.34. The number of nitrogens with zero attached hydrogens (tertiary/aromatic N) is 1. The smallest absolute Gasteiger partial charge is 0.256 e. The Kier molecular flexibility index (Phi) is 18.3. The van der Waals surface area contributed by atoms with Gasteiger partial charge in [-0.2, -0.15) is 13.2 Å². The molecule has 2 aromatic rings. The van der Waals surface area contributed by atoms with Crippen molar-refractivity contribution in [3.05, 3.63) is 59.2 Å². The van der Waals surface area contributed by atoms with E-state index in [9.17, 15) is 17.6 Å². The molecule has 1 aromatic carbocycles. The Labute approximate surface area is 199 Å². The summed E-state index contributed by atoms with van der Waals surface area (Å²) < 4.78 is 51.5. The number of aromatic nitrogens is 1. The van der Waals surface area contributed by atoms with Gasteiger partial charge in [-0.25, -0.2) is 4.39 Å². The number of allylic oxidation sites excluding steroid dienone is 1. The molecule has 0 saturated carbocycles. The molecule has 0 amide bonds. The van der Waals surface area contributed by atoms with Crippen LogP contribution in [0.4, 0.5) is 17.6 Å². The lowest BCUT2D eigenvalue weighted by Crippen LogP contribution is -2.08. The summed E-state index contributed by atoms with van der Waals surface area (Å²) in [6.07, 6.45) is 5.94. The number of hydrogen-bond donors (Lipinski definition) is 0. The Hall–Kier alpha value is -2.17. The molecule has 0 aliphatic carbocycles. The second-order valence-electron chi connectivity index (χ2n) is 7.27. The predicted octanol–water partition coefficient (Wildman–Crippen LogP) is 10.5. The topological polar surface area (TPSA) is 12.9 Å². The van der Waals surface area contributed by atoms with Crippen LogP contribution in [0.2, 0.25) is 0 Å². The number of hydrogen-bond acceptors (Lipinski definition) is 1. The summed E-state index contributed by atoms with van der Waals surface area (Å²) in [6, 6.07) is 4.68. The summed E-state index contributed by atoms with van der Waals surface area (Å²) in [6.45, 7) is 18.5. The van der Waals surface area contributed by atoms with Gasteiger partial charge in [0.15, 0.2) is 0 Å². The molecule has 188 valence electrons. The Morgan fingerprint density at radius 3 is 2.06 bits per heavy atom. The normalized spacial score (nSPS) is 11.4. The SMILES string of the molecule is C/C=C\c1ncc(-c2ccc(F)c(C(F)(F)F)c2)cc1C.CC.CC.CCCCC(C)CC. The molecule has 0 aliphatic heterocycles. The Bertz CT molecular complexity index is 795. The van der Waals surface area contributed by atoms with Gasteiger partial charge in [0, 0.05) is 11.8 Å². The van der Waals surface area contributed by atoms with E-state index in [2.05, 4.69) is 25.8 Å². The number of halogens is 4. The van der Waals surface area contributed by atoms with Crippen LogP contribution in [0.25, 0.3) is 17.2 Å². The highest BCUT2D eigenvalue weighted by Gasteiger charge is 2.34. The molecule has 33 heavy (non-hydrogen) atoms. The first kappa shape index (κ1) is 33.0. The lowest BCUT2D eigenvalue weighted by Gasteiger charge is -2.11. The molecule has 0 saturated heterocycles. The standard InChI is InChI=1S/C16H13F4N.C8H18.2C2H6/c1-3-4-15-10(2)7-12(9-21-15)11-5-6-14(17)13(8-11)16(18,19)20;1-4-6-7-8(3)5-2;2*1-2/h3-9H,1-2H3;8H,4-7H2,1-3H3;2*1-2H3/b4-3-;;;. The first-order chi connectivity index (χ1) is 15.6. The van der Waals surface area contributed by atoms with Crippen LogP contribution in [-0.2, 0) is 6.18 Å². The van der Waals surface area contributed by atoms with Crippen LogP contribution in [0.1, 0.15) is 97.9 Å². The number of aryl methyl sites for hydroxylation is 1. The molecule has 0 fully saturated rings. The minimum Gasteiger partial charge on any atom is -0.256 e. The van der Waals surface area contributed by atoms with Crippen LogP contribution in [0.3, 0.4) is 0 Å². The van der Waals surface area contributed by atoms with Gasteiger partial charge in [0.25, 0.3) is 0 Å². The second kappa shape index (κ2) is 18.3. The number of pyridine rings is 1. The van der Waals surface area contributed by atoms with E-state index >= 15 is 0 Å². The minimum atomic E-state index is -4.71. The molecule has 1 heterocycles. The fourth-order valence-electron chi connectivity index (χ4n) is 2.75. The van der Waals surface area contributed by atoms with Crippen molar-refractivity contribution < 1.29 is 17.6 Å². The molecule has 0 bridgehead atoms. The first-order valence-electron chi connectivity index (χ1n) is 12.1. The van der Waals surface area contributed by atoms with E-state index in [-0.39, 0.29) is 5.56 Å². The molecule has 0 radical (unpaired) electrons. The van der Waals surface area contributed by atoms with Crippen LogP contribution in [0, 0.1) is 18.7 Å². The van der Waals surface area contributed by atoms with Crippen molar-refractivity contribution >= 4 is 6.08 Å². The van der Waals surface area contributed by atoms with E-state index in [0.717, 1.165) is 29.3 Å². The van der Waals surface area contributed by atoms with Crippen molar-refractivity contribution in [2.24, 2.45) is 5.92 Å². The van der Waals surface area contributed by atoms with Gasteiger partial charge in [-0.05, 0) is 55.2 Å². The summed E-state index contributed by atoms with van der Waals surface area (Å²) in [5.74, 6) is -0.323. The minimum absolute atomic E-state index is 0.284. The summed E-state index contributed by atoms with van der Waals surface area (Å²) in [7, 11) is 0. The van der Waals surface area contributed by atoms with Gasteiger partial charge in [-0.1, -0.05) is 86.3 Å². The zero-order chi connectivity index (χ0) is 26.0. The van der Waals surface area contributed by atoms with Gasteiger partial charge in [-0.3, -0.25) is 4.98 Å². The zero-order valence-corrected chi connectivity index (χ0v) is 21.9. The third-order valence-electron chi connectivity index (χ3n) is 4.80. The van der Waals surface area contributed by atoms with Crippen LogP contribution < -0.4 is 0 Å². The molecule has 1 atom stereocenters. The Morgan fingerprint density at radius 1 is 1.00 bits per heavy atom. The maximum atomic E-state index is 13.3. The van der Waals surface area contributed by atoms with Crippen LogP contribution >= 0.6 is 0 Å².